The van der Waals surface area contributed by atoms with Crippen LogP contribution in [0.4, 0.5) is 14.4 Å². The summed E-state index contributed by atoms with van der Waals surface area (Å²) in [4.78, 5) is 37.6. The van der Waals surface area contributed by atoms with Crippen molar-refractivity contribution in [3.63, 3.8) is 0 Å². The summed E-state index contributed by atoms with van der Waals surface area (Å²) in [5.74, 6) is 0. The van der Waals surface area contributed by atoms with Crippen molar-refractivity contribution < 1.29 is 28.6 Å². The van der Waals surface area contributed by atoms with Crippen LogP contribution in [0, 0.1) is 0 Å². The summed E-state index contributed by atoms with van der Waals surface area (Å²) in [6.45, 7) is 9.05. The summed E-state index contributed by atoms with van der Waals surface area (Å²) in [5.41, 5.74) is 1.42. The highest BCUT2D eigenvalue weighted by molar-refractivity contribution is 5.69. The van der Waals surface area contributed by atoms with E-state index < -0.39 is 11.7 Å². The van der Waals surface area contributed by atoms with Gasteiger partial charge >= 0.3 is 18.3 Å². The number of nitrogens with one attached hydrogen (secondary N) is 3. The molecule has 2 saturated heterocycles. The topological polar surface area (TPSA) is 118 Å². The van der Waals surface area contributed by atoms with Gasteiger partial charge in [0.1, 0.15) is 18.8 Å². The molecule has 2 aliphatic heterocycles. The largest absolute Gasteiger partial charge is 0.445 e. The lowest BCUT2D eigenvalue weighted by Crippen LogP contribution is -2.46. The van der Waals surface area contributed by atoms with Crippen molar-refractivity contribution in [1.29, 1.82) is 0 Å². The number of benzene rings is 2. The van der Waals surface area contributed by atoms with Gasteiger partial charge in [-0.2, -0.15) is 0 Å². The van der Waals surface area contributed by atoms with Crippen molar-refractivity contribution >= 4 is 18.3 Å². The average molecular weight is 597 g/mol. The zero-order valence-corrected chi connectivity index (χ0v) is 25.8. The molecule has 10 nitrogen and oxygen atoms in total. The van der Waals surface area contributed by atoms with Crippen molar-refractivity contribution in [2.45, 2.75) is 90.2 Å². The summed E-state index contributed by atoms with van der Waals surface area (Å²) < 4.78 is 15.9. The maximum atomic E-state index is 12.3. The molecule has 3 N–H and O–H groups in total. The first-order valence-corrected chi connectivity index (χ1v) is 15.3. The molecule has 0 unspecified atom stereocenters. The van der Waals surface area contributed by atoms with E-state index in [2.05, 4.69) is 16.0 Å². The van der Waals surface area contributed by atoms with Crippen LogP contribution in [0.3, 0.4) is 0 Å². The van der Waals surface area contributed by atoms with E-state index >= 15 is 0 Å². The standard InChI is InChI=1S/C19H28N2O4.C14H20N2O2/c1-19(2,3)25-18(23)21-12-8-7-11-16(13-21)20-17(22)24-14-15-9-5-4-6-10-15;17-14(16-13-8-4-5-9-15-10-13)18-11-12-6-2-1-3-7-12/h4-6,9-10,16H,7-8,11-14H2,1-3H3,(H,20,22);1-3,6-7,13,15H,4-5,8-11H2,(H,16,17)/t16-;13-/m11/s1. The van der Waals surface area contributed by atoms with Crippen LogP contribution in [0.25, 0.3) is 0 Å². The predicted octanol–water partition coefficient (Wildman–Crippen LogP) is 5.76. The third-order valence-electron chi connectivity index (χ3n) is 6.94. The molecule has 0 aliphatic carbocycles. The second-order valence-corrected chi connectivity index (χ2v) is 11.9. The molecule has 236 valence electrons. The number of nitrogens with zero attached hydrogens (tertiary/aromatic N) is 1. The zero-order valence-electron chi connectivity index (χ0n) is 25.8. The summed E-state index contributed by atoms with van der Waals surface area (Å²) in [6, 6.07) is 19.3. The molecular weight excluding hydrogens is 548 g/mol. The molecule has 2 aromatic carbocycles. The Balaban J connectivity index is 0.000000248. The quantitative estimate of drug-likeness (QED) is 0.363. The molecule has 2 heterocycles. The second-order valence-electron chi connectivity index (χ2n) is 11.9. The van der Waals surface area contributed by atoms with E-state index in [9.17, 15) is 14.4 Å². The molecule has 0 spiro atoms. The van der Waals surface area contributed by atoms with Gasteiger partial charge in [0.2, 0.25) is 0 Å². The fourth-order valence-electron chi connectivity index (χ4n) is 4.76. The predicted molar refractivity (Wildman–Crippen MR) is 165 cm³/mol. The van der Waals surface area contributed by atoms with Gasteiger partial charge in [-0.1, -0.05) is 67.1 Å². The van der Waals surface area contributed by atoms with E-state index in [1.807, 2.05) is 81.4 Å². The van der Waals surface area contributed by atoms with E-state index in [4.69, 9.17) is 14.2 Å². The highest BCUT2D eigenvalue weighted by atomic mass is 16.6. The minimum atomic E-state index is -0.527. The molecule has 2 aromatic rings. The SMILES string of the molecule is CC(C)(C)OC(=O)N1CCCC[C@@H](NC(=O)OCc2ccccc2)C1.O=C(N[C@@H]1CCCCNC1)OCc1ccccc1. The zero-order chi connectivity index (χ0) is 30.9. The number of amides is 3. The Morgan fingerprint density at radius 3 is 1.91 bits per heavy atom. The van der Waals surface area contributed by atoms with Crippen LogP contribution in [-0.4, -0.2) is 67.0 Å². The average Bonchev–Trinajstić information content (AvgIpc) is 3.39. The van der Waals surface area contributed by atoms with E-state index in [0.29, 0.717) is 19.7 Å². The number of ether oxygens (including phenoxy) is 3. The lowest BCUT2D eigenvalue weighted by atomic mass is 10.1. The first kappa shape index (κ1) is 33.7. The van der Waals surface area contributed by atoms with Crippen LogP contribution in [0.1, 0.15) is 70.4 Å². The van der Waals surface area contributed by atoms with Crippen LogP contribution in [-0.2, 0) is 27.4 Å². The van der Waals surface area contributed by atoms with Gasteiger partial charge in [-0.15, -0.1) is 0 Å². The monoisotopic (exact) mass is 596 g/mol. The Labute approximate surface area is 255 Å². The maximum Gasteiger partial charge on any atom is 0.410 e. The molecule has 2 aliphatic rings. The van der Waals surface area contributed by atoms with E-state index in [-0.39, 0.29) is 30.9 Å². The van der Waals surface area contributed by atoms with Gasteiger partial charge < -0.3 is 35.1 Å². The minimum absolute atomic E-state index is 0.127. The lowest BCUT2D eigenvalue weighted by molar-refractivity contribution is 0.0241. The number of carbonyl (C=O) groups excluding carboxylic acids is 3. The summed E-state index contributed by atoms with van der Waals surface area (Å²) in [6.07, 6.45) is 4.90. The number of likely N-dealkylation sites (tertiary alicyclic amines) is 1. The Morgan fingerprint density at radius 2 is 1.33 bits per heavy atom. The Bertz CT molecular complexity index is 1100. The molecule has 3 amide bonds. The molecule has 0 aromatic heterocycles. The Hall–Kier alpha value is -3.79. The first-order valence-electron chi connectivity index (χ1n) is 15.3. The molecule has 10 heteroatoms. The molecular formula is C33H48N4O6. The van der Waals surface area contributed by atoms with Crippen LogP contribution < -0.4 is 16.0 Å². The van der Waals surface area contributed by atoms with Crippen LogP contribution >= 0.6 is 0 Å². The third-order valence-corrected chi connectivity index (χ3v) is 6.94. The number of alkyl carbamates (subject to hydrolysis) is 2. The molecule has 43 heavy (non-hydrogen) atoms. The Kier molecular flexibility index (Phi) is 14.1. The van der Waals surface area contributed by atoms with Crippen LogP contribution in [0.2, 0.25) is 0 Å². The molecule has 2 fully saturated rings. The third kappa shape index (κ3) is 14.3. The van der Waals surface area contributed by atoms with Crippen molar-refractivity contribution in [2.75, 3.05) is 26.2 Å². The lowest BCUT2D eigenvalue weighted by Gasteiger charge is -2.28. The summed E-state index contributed by atoms with van der Waals surface area (Å²) in [7, 11) is 0. The smallest absolute Gasteiger partial charge is 0.410 e. The van der Waals surface area contributed by atoms with Gasteiger partial charge in [0, 0.05) is 31.7 Å². The number of hydrogen-bond donors (Lipinski definition) is 3. The molecule has 0 radical (unpaired) electrons. The van der Waals surface area contributed by atoms with E-state index in [1.165, 1.54) is 6.42 Å². The minimum Gasteiger partial charge on any atom is -0.445 e. The number of carbonyl (C=O) groups is 3. The highest BCUT2D eigenvalue weighted by Crippen LogP contribution is 2.16. The fourth-order valence-corrected chi connectivity index (χ4v) is 4.76. The van der Waals surface area contributed by atoms with Gasteiger partial charge in [-0.05, 0) is 70.5 Å². The molecule has 0 bridgehead atoms. The van der Waals surface area contributed by atoms with Gasteiger partial charge in [0.15, 0.2) is 0 Å². The second kappa shape index (κ2) is 18.0. The van der Waals surface area contributed by atoms with Crippen molar-refractivity contribution in [2.24, 2.45) is 0 Å². The van der Waals surface area contributed by atoms with Crippen molar-refractivity contribution in [3.8, 4) is 0 Å². The fraction of sp³-hybridized carbons (Fsp3) is 0.545. The van der Waals surface area contributed by atoms with Crippen molar-refractivity contribution in [3.05, 3.63) is 71.8 Å². The van der Waals surface area contributed by atoms with Gasteiger partial charge in [0.25, 0.3) is 0 Å². The maximum absolute atomic E-state index is 12.3. The molecule has 0 saturated carbocycles. The van der Waals surface area contributed by atoms with Crippen molar-refractivity contribution in [1.82, 2.24) is 20.9 Å². The van der Waals surface area contributed by atoms with E-state index in [1.54, 1.807) is 4.90 Å². The first-order chi connectivity index (χ1) is 20.7. The van der Waals surface area contributed by atoms with Gasteiger partial charge in [0.05, 0.1) is 0 Å². The molecule has 4 rings (SSSR count). The van der Waals surface area contributed by atoms with Crippen LogP contribution in [0.15, 0.2) is 60.7 Å². The Morgan fingerprint density at radius 1 is 0.791 bits per heavy atom. The normalized spacial score (nSPS) is 18.9. The highest BCUT2D eigenvalue weighted by Gasteiger charge is 2.27. The molecule has 2 atom stereocenters. The summed E-state index contributed by atoms with van der Waals surface area (Å²) in [5, 5.41) is 9.08. The van der Waals surface area contributed by atoms with Crippen LogP contribution in [0.5, 0.6) is 0 Å². The van der Waals surface area contributed by atoms with Gasteiger partial charge in [-0.25, -0.2) is 14.4 Å². The number of rotatable bonds is 6. The summed E-state index contributed by atoms with van der Waals surface area (Å²) >= 11 is 0. The van der Waals surface area contributed by atoms with E-state index in [0.717, 1.165) is 56.3 Å². The number of hydrogen-bond acceptors (Lipinski definition) is 7. The van der Waals surface area contributed by atoms with Gasteiger partial charge in [-0.3, -0.25) is 0 Å².